The number of hydrogen-bond donors (Lipinski definition) is 1. The van der Waals surface area contributed by atoms with Gasteiger partial charge in [0.2, 0.25) is 0 Å². The van der Waals surface area contributed by atoms with Crippen molar-refractivity contribution in [3.8, 4) is 5.75 Å². The van der Waals surface area contributed by atoms with Crippen LogP contribution in [0.25, 0.3) is 0 Å². The van der Waals surface area contributed by atoms with Gasteiger partial charge in [0.15, 0.2) is 0 Å². The van der Waals surface area contributed by atoms with Crippen LogP contribution in [0, 0.1) is 0 Å². The average molecular weight is 450 g/mol. The maximum Gasteiger partial charge on any atom is 0.432 e. The molecule has 1 rings (SSSR count). The van der Waals surface area contributed by atoms with Crippen LogP contribution in [0.1, 0.15) is 37.5 Å². The lowest BCUT2D eigenvalue weighted by Gasteiger charge is -2.30. The molecule has 0 aromatic heterocycles. The summed E-state index contributed by atoms with van der Waals surface area (Å²) in [7, 11) is -3.96. The largest absolute Gasteiger partial charge is 0.472 e. The Morgan fingerprint density at radius 3 is 1.66 bits per heavy atom. The molecule has 0 aliphatic heterocycles. The molecule has 29 heavy (non-hydrogen) atoms. The van der Waals surface area contributed by atoms with E-state index in [2.05, 4.69) is 4.74 Å². The maximum absolute atomic E-state index is 13.9. The predicted octanol–water partition coefficient (Wildman–Crippen LogP) is 4.07. The first-order valence-electron chi connectivity index (χ1n) is 8.19. The summed E-state index contributed by atoms with van der Waals surface area (Å²) < 4.78 is 113. The second-order valence-electron chi connectivity index (χ2n) is 7.32. The predicted molar refractivity (Wildman–Crippen MR) is 93.5 cm³/mol. The van der Waals surface area contributed by atoms with Crippen LogP contribution in [0.4, 0.5) is 22.0 Å². The summed E-state index contributed by atoms with van der Waals surface area (Å²) in [6, 6.07) is 2.83. The standard InChI is InChI=1S/C17H23F5O6S/c1-15(2,3)12-6-10(8-26-4)13(11(7-12)9-27-5)28-14(16(18,19)20)17(21,22)29(23,24)25/h6-7,14H,8-9H2,1-5H3,(H,23,24,25). The van der Waals surface area contributed by atoms with Crippen LogP contribution in [-0.4, -0.2) is 44.7 Å². The van der Waals surface area contributed by atoms with E-state index in [1.54, 1.807) is 0 Å². The number of hydrogen-bond acceptors (Lipinski definition) is 5. The summed E-state index contributed by atoms with van der Waals surface area (Å²) in [6.45, 7) is 4.85. The van der Waals surface area contributed by atoms with Gasteiger partial charge in [-0.1, -0.05) is 20.8 Å². The van der Waals surface area contributed by atoms with Crippen molar-refractivity contribution in [2.45, 2.75) is 56.9 Å². The van der Waals surface area contributed by atoms with Gasteiger partial charge in [-0.05, 0) is 23.1 Å². The third-order valence-corrected chi connectivity index (χ3v) is 4.79. The van der Waals surface area contributed by atoms with Crippen molar-refractivity contribution in [3.63, 3.8) is 0 Å². The molecule has 6 nitrogen and oxygen atoms in total. The van der Waals surface area contributed by atoms with Crippen molar-refractivity contribution in [2.75, 3.05) is 14.2 Å². The van der Waals surface area contributed by atoms with E-state index in [-0.39, 0.29) is 24.3 Å². The molecule has 0 aliphatic carbocycles. The summed E-state index contributed by atoms with van der Waals surface area (Å²) in [4.78, 5) is 0. The van der Waals surface area contributed by atoms with Crippen LogP contribution in [0.5, 0.6) is 5.75 Å². The molecule has 1 aromatic carbocycles. The van der Waals surface area contributed by atoms with E-state index in [4.69, 9.17) is 14.0 Å². The Morgan fingerprint density at radius 2 is 1.38 bits per heavy atom. The van der Waals surface area contributed by atoms with Gasteiger partial charge in [0.1, 0.15) is 5.75 Å². The summed E-state index contributed by atoms with van der Waals surface area (Å²) in [5, 5.41) is -5.65. The number of methoxy groups -OCH3 is 2. The molecule has 12 heteroatoms. The molecule has 0 saturated carbocycles. The van der Waals surface area contributed by atoms with Crippen LogP contribution in [-0.2, 0) is 38.2 Å². The van der Waals surface area contributed by atoms with Crippen molar-refractivity contribution >= 4 is 10.1 Å². The summed E-state index contributed by atoms with van der Waals surface area (Å²) in [5.41, 5.74) is 0.125. The Labute approximate surface area is 165 Å². The molecule has 0 amide bonds. The number of benzene rings is 1. The highest BCUT2D eigenvalue weighted by molar-refractivity contribution is 7.86. The maximum atomic E-state index is 13.9. The molecular weight excluding hydrogens is 427 g/mol. The van der Waals surface area contributed by atoms with E-state index >= 15 is 0 Å². The van der Waals surface area contributed by atoms with Crippen molar-refractivity contribution in [1.29, 1.82) is 0 Å². The van der Waals surface area contributed by atoms with Gasteiger partial charge in [-0.3, -0.25) is 4.55 Å². The number of ether oxygens (including phenoxy) is 3. The highest BCUT2D eigenvalue weighted by Crippen LogP contribution is 2.41. The zero-order valence-corrected chi connectivity index (χ0v) is 17.2. The van der Waals surface area contributed by atoms with Gasteiger partial charge in [0, 0.05) is 25.3 Å². The third-order valence-electron chi connectivity index (χ3n) is 3.89. The first-order valence-corrected chi connectivity index (χ1v) is 9.63. The minimum absolute atomic E-state index is 0.0210. The quantitative estimate of drug-likeness (QED) is 0.475. The highest BCUT2D eigenvalue weighted by atomic mass is 32.2. The molecule has 0 spiro atoms. The van der Waals surface area contributed by atoms with Gasteiger partial charge < -0.3 is 14.2 Å². The molecule has 0 heterocycles. The van der Waals surface area contributed by atoms with Gasteiger partial charge in [0.05, 0.1) is 13.2 Å². The number of halogens is 5. The molecule has 0 radical (unpaired) electrons. The van der Waals surface area contributed by atoms with E-state index in [0.29, 0.717) is 5.56 Å². The number of alkyl halides is 5. The van der Waals surface area contributed by atoms with Crippen molar-refractivity contribution in [2.24, 2.45) is 0 Å². The molecule has 0 bridgehead atoms. The van der Waals surface area contributed by atoms with Crippen LogP contribution in [0.15, 0.2) is 12.1 Å². The van der Waals surface area contributed by atoms with Gasteiger partial charge in [-0.2, -0.15) is 30.4 Å². The van der Waals surface area contributed by atoms with Crippen LogP contribution < -0.4 is 4.74 Å². The SMILES string of the molecule is COCc1cc(C(C)(C)C)cc(COC)c1OC(C(F)(F)F)C(F)(F)S(=O)(=O)O. The Morgan fingerprint density at radius 1 is 0.966 bits per heavy atom. The second kappa shape index (κ2) is 8.70. The fourth-order valence-corrected chi connectivity index (χ4v) is 2.90. The lowest BCUT2D eigenvalue weighted by molar-refractivity contribution is -0.239. The minimum Gasteiger partial charge on any atom is -0.472 e. The fourth-order valence-electron chi connectivity index (χ4n) is 2.44. The third kappa shape index (κ3) is 6.00. The zero-order chi connectivity index (χ0) is 22.8. The van der Waals surface area contributed by atoms with Crippen LogP contribution in [0.2, 0.25) is 0 Å². The van der Waals surface area contributed by atoms with E-state index in [1.165, 1.54) is 26.4 Å². The number of rotatable bonds is 8. The van der Waals surface area contributed by atoms with E-state index in [0.717, 1.165) is 0 Å². The lowest BCUT2D eigenvalue weighted by atomic mass is 9.84. The first kappa shape index (κ1) is 25.5. The Bertz CT molecular complexity index is 788. The van der Waals surface area contributed by atoms with E-state index in [1.807, 2.05) is 20.8 Å². The summed E-state index contributed by atoms with van der Waals surface area (Å²) >= 11 is 0. The second-order valence-corrected chi connectivity index (χ2v) is 8.81. The smallest absolute Gasteiger partial charge is 0.432 e. The Hall–Kier alpha value is -1.50. The average Bonchev–Trinajstić information content (AvgIpc) is 2.50. The molecule has 0 saturated heterocycles. The van der Waals surface area contributed by atoms with Gasteiger partial charge in [-0.15, -0.1) is 0 Å². The minimum atomic E-state index is -6.43. The van der Waals surface area contributed by atoms with Crippen LogP contribution in [0.3, 0.4) is 0 Å². The highest BCUT2D eigenvalue weighted by Gasteiger charge is 2.65. The molecule has 168 valence electrons. The zero-order valence-electron chi connectivity index (χ0n) is 16.4. The lowest BCUT2D eigenvalue weighted by Crippen LogP contribution is -2.53. The normalized spacial score (nSPS) is 14.7. The topological polar surface area (TPSA) is 82.1 Å². The van der Waals surface area contributed by atoms with E-state index < -0.39 is 38.8 Å². The Balaban J connectivity index is 3.72. The van der Waals surface area contributed by atoms with Crippen LogP contribution >= 0.6 is 0 Å². The molecular formula is C17H23F5O6S. The van der Waals surface area contributed by atoms with Crippen molar-refractivity contribution < 1.29 is 49.1 Å². The molecule has 1 aromatic rings. The van der Waals surface area contributed by atoms with Gasteiger partial charge in [0.25, 0.3) is 6.10 Å². The Kier molecular flexibility index (Phi) is 7.66. The van der Waals surface area contributed by atoms with Gasteiger partial charge in [-0.25, -0.2) is 0 Å². The molecule has 0 fully saturated rings. The van der Waals surface area contributed by atoms with Crippen molar-refractivity contribution in [1.82, 2.24) is 0 Å². The summed E-state index contributed by atoms with van der Waals surface area (Å²) in [5.74, 6) is -0.660. The monoisotopic (exact) mass is 450 g/mol. The fraction of sp³-hybridized carbons (Fsp3) is 0.647. The molecule has 1 unspecified atom stereocenters. The van der Waals surface area contributed by atoms with Gasteiger partial charge >= 0.3 is 21.5 Å². The van der Waals surface area contributed by atoms with E-state index in [9.17, 15) is 30.4 Å². The van der Waals surface area contributed by atoms with Crippen molar-refractivity contribution in [3.05, 3.63) is 28.8 Å². The molecule has 0 aliphatic rings. The molecule has 1 N–H and O–H groups in total. The first-order chi connectivity index (χ1) is 13.0. The summed E-state index contributed by atoms with van der Waals surface area (Å²) in [6.07, 6.45) is -9.98. The molecule has 1 atom stereocenters.